The second-order valence-electron chi connectivity index (χ2n) is 6.63. The molecule has 8 nitrogen and oxygen atoms in total. The maximum Gasteiger partial charge on any atom is 0.292 e. The van der Waals surface area contributed by atoms with E-state index in [-0.39, 0.29) is 23.3 Å². The molecule has 1 heterocycles. The fourth-order valence-electron chi connectivity index (χ4n) is 3.38. The lowest BCUT2D eigenvalue weighted by Gasteiger charge is -2.38. The fraction of sp³-hybridized carbons (Fsp3) is 0.350. The highest BCUT2D eigenvalue weighted by atomic mass is 16.6. The standard InChI is InChI=1S/C20H24N4O4/c1-15(20(25)21-16-7-3-4-8-17(16)24(26)27)22-11-13-23(14-12-22)18-9-5-6-10-19(18)28-2/h3-10,15H,11-14H2,1-2H3,(H,21,25)/t15-/m1/s1. The zero-order valence-electron chi connectivity index (χ0n) is 16.0. The summed E-state index contributed by atoms with van der Waals surface area (Å²) in [5, 5.41) is 13.8. The molecule has 148 valence electrons. The summed E-state index contributed by atoms with van der Waals surface area (Å²) in [7, 11) is 1.66. The van der Waals surface area contributed by atoms with Crippen LogP contribution in [0.25, 0.3) is 0 Å². The lowest BCUT2D eigenvalue weighted by Crippen LogP contribution is -2.52. The molecule has 3 rings (SSSR count). The number of nitro groups is 1. The quantitative estimate of drug-likeness (QED) is 0.609. The molecule has 1 atom stereocenters. The van der Waals surface area contributed by atoms with Crippen molar-refractivity contribution >= 4 is 23.0 Å². The first-order chi connectivity index (χ1) is 13.5. The van der Waals surface area contributed by atoms with Crippen molar-refractivity contribution in [2.24, 2.45) is 0 Å². The summed E-state index contributed by atoms with van der Waals surface area (Å²) in [6.45, 7) is 4.78. The van der Waals surface area contributed by atoms with Crippen molar-refractivity contribution in [2.75, 3.05) is 43.5 Å². The van der Waals surface area contributed by atoms with Gasteiger partial charge in [0.2, 0.25) is 5.91 Å². The SMILES string of the molecule is COc1ccccc1N1CCN([C@H](C)C(=O)Nc2ccccc2[N+](=O)[O-])CC1. The second-order valence-corrected chi connectivity index (χ2v) is 6.63. The number of hydrogen-bond acceptors (Lipinski definition) is 6. The minimum atomic E-state index is -0.494. The van der Waals surface area contributed by atoms with Crippen molar-refractivity contribution < 1.29 is 14.5 Å². The second kappa shape index (κ2) is 8.71. The summed E-state index contributed by atoms with van der Waals surface area (Å²) in [6.07, 6.45) is 0. The van der Waals surface area contributed by atoms with Gasteiger partial charge >= 0.3 is 0 Å². The molecule has 28 heavy (non-hydrogen) atoms. The molecule has 0 spiro atoms. The van der Waals surface area contributed by atoms with Crippen molar-refractivity contribution in [3.63, 3.8) is 0 Å². The van der Waals surface area contributed by atoms with Crippen LogP contribution in [0.1, 0.15) is 6.92 Å². The Labute approximate surface area is 163 Å². The molecule has 0 aliphatic carbocycles. The van der Waals surface area contributed by atoms with Gasteiger partial charge in [0.25, 0.3) is 5.69 Å². The van der Waals surface area contributed by atoms with Crippen LogP contribution in [0.3, 0.4) is 0 Å². The first-order valence-corrected chi connectivity index (χ1v) is 9.17. The molecule has 1 amide bonds. The zero-order valence-corrected chi connectivity index (χ0v) is 16.0. The van der Waals surface area contributed by atoms with Gasteiger partial charge in [-0.1, -0.05) is 24.3 Å². The minimum Gasteiger partial charge on any atom is -0.495 e. The number of nitrogens with zero attached hydrogens (tertiary/aromatic N) is 3. The molecule has 1 N–H and O–H groups in total. The number of anilines is 2. The molecule has 1 fully saturated rings. The van der Waals surface area contributed by atoms with E-state index in [1.807, 2.05) is 31.2 Å². The van der Waals surface area contributed by atoms with Crippen molar-refractivity contribution in [1.82, 2.24) is 4.90 Å². The van der Waals surface area contributed by atoms with Crippen molar-refractivity contribution in [2.45, 2.75) is 13.0 Å². The molecule has 1 aliphatic rings. The zero-order chi connectivity index (χ0) is 20.1. The van der Waals surface area contributed by atoms with Crippen LogP contribution in [-0.4, -0.2) is 55.1 Å². The van der Waals surface area contributed by atoms with Crippen molar-refractivity contribution in [3.05, 3.63) is 58.6 Å². The molecule has 0 radical (unpaired) electrons. The Hall–Kier alpha value is -3.13. The number of nitro benzene ring substituents is 1. The van der Waals surface area contributed by atoms with Gasteiger partial charge in [-0.15, -0.1) is 0 Å². The molecule has 0 saturated carbocycles. The number of piperazine rings is 1. The predicted octanol–water partition coefficient (Wildman–Crippen LogP) is 2.75. The molecule has 1 saturated heterocycles. The summed E-state index contributed by atoms with van der Waals surface area (Å²) in [5.41, 5.74) is 1.16. The third kappa shape index (κ3) is 4.23. The Kier molecular flexibility index (Phi) is 6.10. The average molecular weight is 384 g/mol. The fourth-order valence-corrected chi connectivity index (χ4v) is 3.38. The topological polar surface area (TPSA) is 88.0 Å². The Morgan fingerprint density at radius 1 is 1.11 bits per heavy atom. The van der Waals surface area contributed by atoms with E-state index in [1.165, 1.54) is 6.07 Å². The lowest BCUT2D eigenvalue weighted by atomic mass is 10.1. The van der Waals surface area contributed by atoms with Gasteiger partial charge in [0.05, 0.1) is 23.8 Å². The van der Waals surface area contributed by atoms with Gasteiger partial charge in [-0.3, -0.25) is 19.8 Å². The van der Waals surface area contributed by atoms with Gasteiger partial charge < -0.3 is 15.0 Å². The van der Waals surface area contributed by atoms with E-state index in [1.54, 1.807) is 25.3 Å². The van der Waals surface area contributed by atoms with E-state index < -0.39 is 4.92 Å². The summed E-state index contributed by atoms with van der Waals surface area (Å²) in [6, 6.07) is 13.7. The number of carbonyl (C=O) groups is 1. The predicted molar refractivity (Wildman–Crippen MR) is 108 cm³/mol. The van der Waals surface area contributed by atoms with Gasteiger partial charge in [0.1, 0.15) is 11.4 Å². The third-order valence-electron chi connectivity index (χ3n) is 5.03. The van der Waals surface area contributed by atoms with Crippen LogP contribution in [0.15, 0.2) is 48.5 Å². The van der Waals surface area contributed by atoms with Gasteiger partial charge in [-0.05, 0) is 25.1 Å². The van der Waals surface area contributed by atoms with Gasteiger partial charge in [-0.2, -0.15) is 0 Å². The van der Waals surface area contributed by atoms with E-state index >= 15 is 0 Å². The Morgan fingerprint density at radius 3 is 2.43 bits per heavy atom. The highest BCUT2D eigenvalue weighted by Crippen LogP contribution is 2.29. The number of methoxy groups -OCH3 is 1. The Balaban J connectivity index is 1.61. The first-order valence-electron chi connectivity index (χ1n) is 9.17. The molecule has 2 aromatic rings. The van der Waals surface area contributed by atoms with Crippen LogP contribution in [0.2, 0.25) is 0 Å². The number of amides is 1. The third-order valence-corrected chi connectivity index (χ3v) is 5.03. The lowest BCUT2D eigenvalue weighted by molar-refractivity contribution is -0.383. The van der Waals surface area contributed by atoms with Crippen molar-refractivity contribution in [3.8, 4) is 5.75 Å². The summed E-state index contributed by atoms with van der Waals surface area (Å²) < 4.78 is 5.43. The molecule has 0 bridgehead atoms. The Bertz CT molecular complexity index is 850. The van der Waals surface area contributed by atoms with Crippen LogP contribution in [0, 0.1) is 10.1 Å². The van der Waals surface area contributed by atoms with E-state index in [0.29, 0.717) is 13.1 Å². The van der Waals surface area contributed by atoms with Gasteiger partial charge in [0.15, 0.2) is 0 Å². The number of ether oxygens (including phenoxy) is 1. The monoisotopic (exact) mass is 384 g/mol. The molecule has 1 aliphatic heterocycles. The normalized spacial score (nSPS) is 15.7. The van der Waals surface area contributed by atoms with Crippen LogP contribution in [0.4, 0.5) is 17.1 Å². The van der Waals surface area contributed by atoms with Crippen LogP contribution < -0.4 is 15.0 Å². The highest BCUT2D eigenvalue weighted by molar-refractivity contribution is 5.96. The molecular weight excluding hydrogens is 360 g/mol. The maximum atomic E-state index is 12.6. The minimum absolute atomic E-state index is 0.107. The number of nitrogens with one attached hydrogen (secondary N) is 1. The van der Waals surface area contributed by atoms with Gasteiger partial charge in [-0.25, -0.2) is 0 Å². The number of rotatable bonds is 6. The molecule has 2 aromatic carbocycles. The first kappa shape index (κ1) is 19.6. The Morgan fingerprint density at radius 2 is 1.75 bits per heavy atom. The smallest absolute Gasteiger partial charge is 0.292 e. The average Bonchev–Trinajstić information content (AvgIpc) is 2.73. The number of para-hydroxylation sites is 4. The maximum absolute atomic E-state index is 12.6. The molecule has 0 aromatic heterocycles. The van der Waals surface area contributed by atoms with E-state index in [4.69, 9.17) is 4.74 Å². The summed E-state index contributed by atoms with van der Waals surface area (Å²) in [4.78, 5) is 27.6. The largest absolute Gasteiger partial charge is 0.495 e. The van der Waals surface area contributed by atoms with Crippen LogP contribution in [0.5, 0.6) is 5.75 Å². The summed E-state index contributed by atoms with van der Waals surface area (Å²) in [5.74, 6) is 0.582. The number of hydrogen-bond donors (Lipinski definition) is 1. The number of carbonyl (C=O) groups excluding carboxylic acids is 1. The molecular formula is C20H24N4O4. The molecule has 0 unspecified atom stereocenters. The van der Waals surface area contributed by atoms with E-state index in [0.717, 1.165) is 24.5 Å². The van der Waals surface area contributed by atoms with Crippen LogP contribution in [-0.2, 0) is 4.79 Å². The summed E-state index contributed by atoms with van der Waals surface area (Å²) >= 11 is 0. The highest BCUT2D eigenvalue weighted by Gasteiger charge is 2.27. The number of benzene rings is 2. The van der Waals surface area contributed by atoms with E-state index in [2.05, 4.69) is 15.1 Å². The van der Waals surface area contributed by atoms with E-state index in [9.17, 15) is 14.9 Å². The van der Waals surface area contributed by atoms with Crippen LogP contribution >= 0.6 is 0 Å². The van der Waals surface area contributed by atoms with Gasteiger partial charge in [0, 0.05) is 32.2 Å². The molecule has 8 heteroatoms. The van der Waals surface area contributed by atoms with Crippen molar-refractivity contribution in [1.29, 1.82) is 0 Å².